The molecule has 1 N–H and O–H groups in total. The zero-order chi connectivity index (χ0) is 12.0. The van der Waals surface area contributed by atoms with Crippen LogP contribution >= 0.6 is 0 Å². The van der Waals surface area contributed by atoms with Crippen LogP contribution in [-0.4, -0.2) is 6.04 Å². The molecular formula is C16H23N. The highest BCUT2D eigenvalue weighted by atomic mass is 14.9. The number of nitrogens with one attached hydrogen (secondary N) is 1. The van der Waals surface area contributed by atoms with Gasteiger partial charge in [-0.3, -0.25) is 0 Å². The van der Waals surface area contributed by atoms with Crippen molar-refractivity contribution < 1.29 is 0 Å². The number of rotatable bonds is 2. The number of benzene rings is 1. The zero-order valence-corrected chi connectivity index (χ0v) is 11.2. The Morgan fingerprint density at radius 1 is 1.00 bits per heavy atom. The van der Waals surface area contributed by atoms with Gasteiger partial charge in [0.1, 0.15) is 0 Å². The first-order valence-electron chi connectivity index (χ1n) is 6.98. The number of aryl methyl sites for hydroxylation is 3. The van der Waals surface area contributed by atoms with E-state index in [2.05, 4.69) is 38.2 Å². The van der Waals surface area contributed by atoms with Crippen LogP contribution in [0.3, 0.4) is 0 Å². The van der Waals surface area contributed by atoms with E-state index >= 15 is 0 Å². The Labute approximate surface area is 105 Å². The van der Waals surface area contributed by atoms with Gasteiger partial charge in [0.25, 0.3) is 0 Å². The number of hydrogen-bond acceptors (Lipinski definition) is 1. The molecule has 0 spiro atoms. The molecule has 2 fully saturated rings. The van der Waals surface area contributed by atoms with Crippen LogP contribution in [0.2, 0.25) is 0 Å². The van der Waals surface area contributed by atoms with Gasteiger partial charge in [0, 0.05) is 11.7 Å². The first-order valence-corrected chi connectivity index (χ1v) is 6.98. The Balaban J connectivity index is 1.81. The van der Waals surface area contributed by atoms with Crippen LogP contribution in [0.1, 0.15) is 42.4 Å². The average Bonchev–Trinajstić information content (AvgIpc) is 2.84. The second-order valence-corrected chi connectivity index (χ2v) is 6.20. The molecule has 3 atom stereocenters. The van der Waals surface area contributed by atoms with E-state index in [1.807, 2.05) is 0 Å². The van der Waals surface area contributed by atoms with Gasteiger partial charge in [-0.1, -0.05) is 24.1 Å². The molecule has 0 amide bonds. The fourth-order valence-corrected chi connectivity index (χ4v) is 4.01. The third-order valence-corrected chi connectivity index (χ3v) is 4.74. The van der Waals surface area contributed by atoms with E-state index in [9.17, 15) is 0 Å². The van der Waals surface area contributed by atoms with Gasteiger partial charge >= 0.3 is 0 Å². The highest BCUT2D eigenvalue weighted by Gasteiger charge is 2.39. The van der Waals surface area contributed by atoms with E-state index in [0.717, 1.165) is 17.9 Å². The molecule has 1 nitrogen and oxygen atoms in total. The van der Waals surface area contributed by atoms with E-state index in [4.69, 9.17) is 0 Å². The first kappa shape index (κ1) is 11.1. The molecule has 2 bridgehead atoms. The Morgan fingerprint density at radius 3 is 2.24 bits per heavy atom. The fourth-order valence-electron chi connectivity index (χ4n) is 4.01. The minimum Gasteiger partial charge on any atom is -0.382 e. The lowest BCUT2D eigenvalue weighted by Gasteiger charge is -2.26. The first-order chi connectivity index (χ1) is 8.13. The molecule has 0 heterocycles. The summed E-state index contributed by atoms with van der Waals surface area (Å²) in [5, 5.41) is 3.84. The van der Waals surface area contributed by atoms with Gasteiger partial charge in [0.05, 0.1) is 0 Å². The standard InChI is InChI=1S/C16H23N/c1-10-6-11(2)16(12(3)7-10)17-15-9-13-4-5-14(15)8-13/h6-7,13-15,17H,4-5,8-9H2,1-3H3/t13-,14+,15+/m1/s1. The molecule has 1 aromatic carbocycles. The molecule has 0 aliphatic heterocycles. The lowest BCUT2D eigenvalue weighted by atomic mass is 9.94. The van der Waals surface area contributed by atoms with Crippen LogP contribution in [0.5, 0.6) is 0 Å². The summed E-state index contributed by atoms with van der Waals surface area (Å²) in [7, 11) is 0. The summed E-state index contributed by atoms with van der Waals surface area (Å²) in [4.78, 5) is 0. The Bertz CT molecular complexity index is 412. The van der Waals surface area contributed by atoms with Crippen LogP contribution < -0.4 is 5.32 Å². The highest BCUT2D eigenvalue weighted by Crippen LogP contribution is 2.46. The van der Waals surface area contributed by atoms with E-state index < -0.39 is 0 Å². The van der Waals surface area contributed by atoms with Crippen molar-refractivity contribution in [1.82, 2.24) is 0 Å². The molecule has 2 aliphatic carbocycles. The summed E-state index contributed by atoms with van der Waals surface area (Å²) in [6.45, 7) is 6.65. The summed E-state index contributed by atoms with van der Waals surface area (Å²) < 4.78 is 0. The fraction of sp³-hybridized carbons (Fsp3) is 0.625. The van der Waals surface area contributed by atoms with Crippen molar-refractivity contribution >= 4 is 5.69 Å². The quantitative estimate of drug-likeness (QED) is 0.801. The van der Waals surface area contributed by atoms with E-state index in [-0.39, 0.29) is 0 Å². The van der Waals surface area contributed by atoms with Crippen molar-refractivity contribution in [2.75, 3.05) is 5.32 Å². The van der Waals surface area contributed by atoms with Gasteiger partial charge in [-0.25, -0.2) is 0 Å². The maximum absolute atomic E-state index is 3.84. The van der Waals surface area contributed by atoms with Crippen molar-refractivity contribution in [2.24, 2.45) is 11.8 Å². The third-order valence-electron chi connectivity index (χ3n) is 4.74. The molecular weight excluding hydrogens is 206 g/mol. The monoisotopic (exact) mass is 229 g/mol. The second kappa shape index (κ2) is 4.04. The summed E-state index contributed by atoms with van der Waals surface area (Å²) in [5.41, 5.74) is 5.59. The van der Waals surface area contributed by atoms with Gasteiger partial charge in [-0.2, -0.15) is 0 Å². The van der Waals surface area contributed by atoms with Crippen LogP contribution in [0, 0.1) is 32.6 Å². The zero-order valence-electron chi connectivity index (χ0n) is 11.2. The molecule has 0 radical (unpaired) electrons. The predicted octanol–water partition coefficient (Wildman–Crippen LogP) is 4.21. The molecule has 0 saturated heterocycles. The molecule has 92 valence electrons. The van der Waals surface area contributed by atoms with Crippen molar-refractivity contribution in [2.45, 2.75) is 52.5 Å². The maximum Gasteiger partial charge on any atom is 0.0402 e. The van der Waals surface area contributed by atoms with Crippen LogP contribution in [0.15, 0.2) is 12.1 Å². The Kier molecular flexibility index (Phi) is 2.65. The average molecular weight is 229 g/mol. The van der Waals surface area contributed by atoms with Gasteiger partial charge in [0.2, 0.25) is 0 Å². The second-order valence-electron chi connectivity index (χ2n) is 6.20. The van der Waals surface area contributed by atoms with Gasteiger partial charge in [0.15, 0.2) is 0 Å². The molecule has 2 aliphatic rings. The Hall–Kier alpha value is -0.980. The van der Waals surface area contributed by atoms with Crippen molar-refractivity contribution in [3.8, 4) is 0 Å². The molecule has 1 heteroatoms. The minimum atomic E-state index is 0.744. The minimum absolute atomic E-state index is 0.744. The highest BCUT2D eigenvalue weighted by molar-refractivity contribution is 5.59. The number of anilines is 1. The predicted molar refractivity (Wildman–Crippen MR) is 73.5 cm³/mol. The SMILES string of the molecule is Cc1cc(C)c(N[C@H]2C[C@@H]3CC[C@H]2C3)c(C)c1. The van der Waals surface area contributed by atoms with E-state index in [1.165, 1.54) is 48.1 Å². The lowest BCUT2D eigenvalue weighted by molar-refractivity contribution is 0.439. The summed E-state index contributed by atoms with van der Waals surface area (Å²) in [5.74, 6) is 1.96. The third kappa shape index (κ3) is 1.96. The van der Waals surface area contributed by atoms with Crippen molar-refractivity contribution in [3.05, 3.63) is 28.8 Å². The Morgan fingerprint density at radius 2 is 1.71 bits per heavy atom. The summed E-state index contributed by atoms with van der Waals surface area (Å²) in [6, 6.07) is 5.33. The number of fused-ring (bicyclic) bond motifs is 2. The maximum atomic E-state index is 3.84. The van der Waals surface area contributed by atoms with Crippen LogP contribution in [0.4, 0.5) is 5.69 Å². The smallest absolute Gasteiger partial charge is 0.0402 e. The van der Waals surface area contributed by atoms with E-state index in [1.54, 1.807) is 0 Å². The van der Waals surface area contributed by atoms with Gasteiger partial charge in [-0.05, 0) is 63.0 Å². The summed E-state index contributed by atoms with van der Waals surface area (Å²) >= 11 is 0. The van der Waals surface area contributed by atoms with Crippen LogP contribution in [-0.2, 0) is 0 Å². The lowest BCUT2D eigenvalue weighted by Crippen LogP contribution is -2.26. The topological polar surface area (TPSA) is 12.0 Å². The van der Waals surface area contributed by atoms with Crippen molar-refractivity contribution in [3.63, 3.8) is 0 Å². The molecule has 0 unspecified atom stereocenters. The molecule has 1 aromatic rings. The van der Waals surface area contributed by atoms with Crippen molar-refractivity contribution in [1.29, 1.82) is 0 Å². The van der Waals surface area contributed by atoms with Gasteiger partial charge < -0.3 is 5.32 Å². The molecule has 3 rings (SSSR count). The summed E-state index contributed by atoms with van der Waals surface area (Å²) in [6.07, 6.45) is 5.81. The van der Waals surface area contributed by atoms with Gasteiger partial charge in [-0.15, -0.1) is 0 Å². The van der Waals surface area contributed by atoms with E-state index in [0.29, 0.717) is 0 Å². The van der Waals surface area contributed by atoms with Crippen LogP contribution in [0.25, 0.3) is 0 Å². The largest absolute Gasteiger partial charge is 0.382 e. The normalized spacial score (nSPS) is 30.9. The molecule has 2 saturated carbocycles. The molecule has 17 heavy (non-hydrogen) atoms. The molecule has 0 aromatic heterocycles. The number of hydrogen-bond donors (Lipinski definition) is 1.